The number of benzene rings is 1. The molecule has 20 heteroatoms. The van der Waals surface area contributed by atoms with Gasteiger partial charge in [-0.2, -0.15) is 35.1 Å². The molecule has 0 bridgehead atoms. The smallest absolute Gasteiger partial charge is 0.416 e. The number of hydrogen-bond donors (Lipinski definition) is 4. The fourth-order valence-electron chi connectivity index (χ4n) is 4.39. The number of ether oxygens (including phenoxy) is 1. The number of hydrogen-bond acceptors (Lipinski definition) is 9. The Kier molecular flexibility index (Phi) is 11.2. The lowest BCUT2D eigenvalue weighted by molar-refractivity contribution is -0.138. The molecule has 0 saturated heterocycles. The van der Waals surface area contributed by atoms with Crippen LogP contribution in [0, 0.1) is 6.92 Å². The zero-order chi connectivity index (χ0) is 33.6. The van der Waals surface area contributed by atoms with Crippen LogP contribution in [0.1, 0.15) is 52.9 Å². The first-order chi connectivity index (χ1) is 20.8. The van der Waals surface area contributed by atoms with Gasteiger partial charge in [-0.15, -0.1) is 0 Å². The van der Waals surface area contributed by atoms with Crippen LogP contribution >= 0.6 is 0 Å². The molecule has 0 amide bonds. The van der Waals surface area contributed by atoms with Crippen LogP contribution in [0.2, 0.25) is 0 Å². The number of rotatable bonds is 5. The standard InChI is InChI=1S/C25H23F3N6O.2H2O4S/c1-16-14-33(15-29-16)21-11-9-17(30-24(21)35-2)10-12-22-31-23-19(7-5-13-34(23)32-22)18-6-3-4-8-20(18)25(26,27)28;2*1-5(2,3)4/h3-4,6,8-12,14-15,19H,5,7,13H2,1-2H3;2*(H2,1,2,3,4)/b12-10+;;. The summed E-state index contributed by atoms with van der Waals surface area (Å²) in [5, 5.41) is 4.51. The van der Waals surface area contributed by atoms with E-state index in [1.54, 1.807) is 36.3 Å². The predicted molar refractivity (Wildman–Crippen MR) is 152 cm³/mol. The van der Waals surface area contributed by atoms with Crippen LogP contribution in [-0.4, -0.2) is 71.5 Å². The summed E-state index contributed by atoms with van der Waals surface area (Å²) in [6.07, 6.45) is 3.92. The predicted octanol–water partition coefficient (Wildman–Crippen LogP) is 3.99. The second kappa shape index (κ2) is 14.3. The summed E-state index contributed by atoms with van der Waals surface area (Å²) in [6.45, 7) is 2.52. The van der Waals surface area contributed by atoms with Crippen LogP contribution in [-0.2, 0) is 33.5 Å². The molecule has 0 spiro atoms. The van der Waals surface area contributed by atoms with Gasteiger partial charge in [0.1, 0.15) is 11.5 Å². The summed E-state index contributed by atoms with van der Waals surface area (Å²) < 4.78 is 113. The molecule has 5 rings (SSSR count). The van der Waals surface area contributed by atoms with E-state index in [-0.39, 0.29) is 5.56 Å². The average Bonchev–Trinajstić information content (AvgIpc) is 3.55. The van der Waals surface area contributed by atoms with Crippen molar-refractivity contribution in [2.75, 3.05) is 7.11 Å². The minimum atomic E-state index is -4.67. The van der Waals surface area contributed by atoms with Gasteiger partial charge in [0.2, 0.25) is 5.88 Å². The molecule has 4 aromatic rings. The van der Waals surface area contributed by atoms with Gasteiger partial charge in [-0.25, -0.2) is 19.6 Å². The van der Waals surface area contributed by atoms with Crippen LogP contribution in [0.4, 0.5) is 13.2 Å². The Bertz CT molecular complexity index is 1830. The molecule has 1 aliphatic heterocycles. The zero-order valence-corrected chi connectivity index (χ0v) is 25.1. The first kappa shape index (κ1) is 35.3. The van der Waals surface area contributed by atoms with Crippen LogP contribution in [0.3, 0.4) is 0 Å². The number of halogens is 3. The maximum Gasteiger partial charge on any atom is 0.416 e. The van der Waals surface area contributed by atoms with Crippen LogP contribution in [0.25, 0.3) is 17.8 Å². The van der Waals surface area contributed by atoms with E-state index >= 15 is 0 Å². The van der Waals surface area contributed by atoms with Gasteiger partial charge in [-0.3, -0.25) is 18.2 Å². The number of fused-ring (bicyclic) bond motifs is 1. The highest BCUT2D eigenvalue weighted by Crippen LogP contribution is 2.40. The van der Waals surface area contributed by atoms with Gasteiger partial charge in [0.05, 0.1) is 30.4 Å². The highest BCUT2D eigenvalue weighted by atomic mass is 32.3. The highest BCUT2D eigenvalue weighted by molar-refractivity contribution is 7.80. The van der Waals surface area contributed by atoms with E-state index in [0.29, 0.717) is 36.2 Å². The Labute approximate surface area is 255 Å². The van der Waals surface area contributed by atoms with Crippen LogP contribution in [0.15, 0.2) is 48.9 Å². The lowest BCUT2D eigenvalue weighted by Gasteiger charge is -2.25. The Hall–Kier alpha value is -4.21. The van der Waals surface area contributed by atoms with Crippen molar-refractivity contribution < 1.29 is 53.0 Å². The molecule has 0 radical (unpaired) electrons. The molecule has 0 aliphatic carbocycles. The van der Waals surface area contributed by atoms with E-state index in [4.69, 9.17) is 39.8 Å². The van der Waals surface area contributed by atoms with Crippen molar-refractivity contribution in [1.29, 1.82) is 0 Å². The molecular formula is C25H27F3N6O9S2. The first-order valence-electron chi connectivity index (χ1n) is 12.6. The third-order valence-corrected chi connectivity index (χ3v) is 5.98. The summed E-state index contributed by atoms with van der Waals surface area (Å²) >= 11 is 0. The molecule has 4 heterocycles. The summed E-state index contributed by atoms with van der Waals surface area (Å²) in [5.74, 6) is 0.938. The minimum absolute atomic E-state index is 0.237. The second-order valence-corrected chi connectivity index (χ2v) is 11.0. The van der Waals surface area contributed by atoms with E-state index in [0.717, 1.165) is 23.9 Å². The van der Waals surface area contributed by atoms with E-state index in [2.05, 4.69) is 20.1 Å². The number of aryl methyl sites for hydroxylation is 2. The lowest BCUT2D eigenvalue weighted by Crippen LogP contribution is -2.21. The molecule has 3 aromatic heterocycles. The molecular weight excluding hydrogens is 649 g/mol. The lowest BCUT2D eigenvalue weighted by atomic mass is 9.88. The number of pyridine rings is 1. The normalized spacial score (nSPS) is 15.0. The second-order valence-electron chi connectivity index (χ2n) is 9.25. The molecule has 0 fully saturated rings. The third-order valence-electron chi connectivity index (χ3n) is 5.98. The van der Waals surface area contributed by atoms with Gasteiger partial charge in [0.15, 0.2) is 5.82 Å². The van der Waals surface area contributed by atoms with Gasteiger partial charge in [0.25, 0.3) is 0 Å². The van der Waals surface area contributed by atoms with Crippen molar-refractivity contribution in [1.82, 2.24) is 29.3 Å². The summed E-state index contributed by atoms with van der Waals surface area (Å²) in [5.41, 5.74) is 1.88. The molecule has 1 atom stereocenters. The van der Waals surface area contributed by atoms with Crippen LogP contribution < -0.4 is 4.74 Å². The molecule has 1 aromatic carbocycles. The fourth-order valence-corrected chi connectivity index (χ4v) is 4.39. The molecule has 4 N–H and O–H groups in total. The fraction of sp³-hybridized carbons (Fsp3) is 0.280. The molecule has 0 saturated carbocycles. The molecule has 15 nitrogen and oxygen atoms in total. The monoisotopic (exact) mass is 676 g/mol. The van der Waals surface area contributed by atoms with E-state index in [9.17, 15) is 13.2 Å². The van der Waals surface area contributed by atoms with Crippen molar-refractivity contribution in [3.05, 3.63) is 83.1 Å². The number of imidazole rings is 1. The Balaban J connectivity index is 0.000000482. The Morgan fingerprint density at radius 2 is 1.62 bits per heavy atom. The summed E-state index contributed by atoms with van der Waals surface area (Å²) in [4.78, 5) is 13.3. The highest BCUT2D eigenvalue weighted by Gasteiger charge is 2.37. The topological polar surface area (TPSA) is 220 Å². The van der Waals surface area contributed by atoms with Crippen molar-refractivity contribution >= 4 is 33.0 Å². The maximum atomic E-state index is 13.6. The van der Waals surface area contributed by atoms with E-state index in [1.807, 2.05) is 29.8 Å². The van der Waals surface area contributed by atoms with Gasteiger partial charge in [0, 0.05) is 18.7 Å². The van der Waals surface area contributed by atoms with Gasteiger partial charge >= 0.3 is 27.0 Å². The van der Waals surface area contributed by atoms with Crippen molar-refractivity contribution in [3.8, 4) is 11.6 Å². The van der Waals surface area contributed by atoms with E-state index < -0.39 is 38.5 Å². The quantitative estimate of drug-likeness (QED) is 0.220. The van der Waals surface area contributed by atoms with Gasteiger partial charge in [-0.1, -0.05) is 18.2 Å². The SMILES string of the molecule is COc1nc(/C=C/c2nc3n(n2)CCCC3c2ccccc2C(F)(F)F)ccc1-n1cnc(C)c1.O=S(=O)(O)O.O=S(=O)(O)O. The van der Waals surface area contributed by atoms with Gasteiger partial charge in [-0.05, 0) is 55.7 Å². The van der Waals surface area contributed by atoms with Crippen molar-refractivity contribution in [3.63, 3.8) is 0 Å². The first-order valence-corrected chi connectivity index (χ1v) is 15.4. The van der Waals surface area contributed by atoms with Crippen molar-refractivity contribution in [2.45, 2.75) is 38.4 Å². The number of nitrogens with zero attached hydrogens (tertiary/aromatic N) is 6. The van der Waals surface area contributed by atoms with Crippen LogP contribution in [0.5, 0.6) is 5.88 Å². The minimum Gasteiger partial charge on any atom is -0.479 e. The maximum absolute atomic E-state index is 13.6. The van der Waals surface area contributed by atoms with Gasteiger partial charge < -0.3 is 9.30 Å². The summed E-state index contributed by atoms with van der Waals surface area (Å²) in [7, 11) is -7.78. The number of aromatic nitrogens is 6. The molecule has 1 unspecified atom stereocenters. The third kappa shape index (κ3) is 11.0. The zero-order valence-electron chi connectivity index (χ0n) is 23.4. The molecule has 244 valence electrons. The summed E-state index contributed by atoms with van der Waals surface area (Å²) in [6, 6.07) is 9.42. The average molecular weight is 677 g/mol. The number of alkyl halides is 3. The van der Waals surface area contributed by atoms with E-state index in [1.165, 1.54) is 12.1 Å². The largest absolute Gasteiger partial charge is 0.479 e. The number of methoxy groups -OCH3 is 1. The molecule has 45 heavy (non-hydrogen) atoms. The Morgan fingerprint density at radius 3 is 2.20 bits per heavy atom. The Morgan fingerprint density at radius 1 is 0.978 bits per heavy atom. The molecule has 1 aliphatic rings. The van der Waals surface area contributed by atoms with Crippen molar-refractivity contribution in [2.24, 2.45) is 0 Å².